The summed E-state index contributed by atoms with van der Waals surface area (Å²) in [4.78, 5) is 12.2. The van der Waals surface area contributed by atoms with Gasteiger partial charge in [-0.1, -0.05) is 19.1 Å². The number of benzene rings is 2. The molecule has 0 N–H and O–H groups in total. The molecule has 37 heavy (non-hydrogen) atoms. The summed E-state index contributed by atoms with van der Waals surface area (Å²) in [7, 11) is -1.95. The van der Waals surface area contributed by atoms with Crippen molar-refractivity contribution in [3.8, 4) is 11.6 Å². The van der Waals surface area contributed by atoms with Crippen molar-refractivity contribution >= 4 is 20.9 Å². The molecule has 0 atom stereocenters. The van der Waals surface area contributed by atoms with Gasteiger partial charge in [-0.25, -0.2) is 13.4 Å². The number of hydrogen-bond donors (Lipinski definition) is 0. The molecule has 198 valence electrons. The summed E-state index contributed by atoms with van der Waals surface area (Å²) in [5.41, 5.74) is 0.905. The van der Waals surface area contributed by atoms with Gasteiger partial charge in [-0.3, -0.25) is 0 Å². The standard InChI is InChI=1S/C28H36N4O4S/c1-21-7-9-23(10-8-21)36-28-25-5-3-4-6-26(25)29-27(30-28)15-16-31-17-19-32(20-18-31)37(33,34)24-13-11-22(35-2)12-14-24/h3-6,11-14,21,23H,7-10,15-20H2,1-2H3. The van der Waals surface area contributed by atoms with Gasteiger partial charge in [-0.05, 0) is 68.0 Å². The Kier molecular flexibility index (Phi) is 7.92. The van der Waals surface area contributed by atoms with E-state index < -0.39 is 10.0 Å². The van der Waals surface area contributed by atoms with Crippen LogP contribution >= 0.6 is 0 Å². The van der Waals surface area contributed by atoms with E-state index in [1.165, 1.54) is 12.8 Å². The average Bonchev–Trinajstić information content (AvgIpc) is 2.93. The molecule has 2 heterocycles. The largest absolute Gasteiger partial charge is 0.497 e. The molecule has 0 unspecified atom stereocenters. The first-order valence-corrected chi connectivity index (χ1v) is 14.7. The highest BCUT2D eigenvalue weighted by Gasteiger charge is 2.28. The fourth-order valence-electron chi connectivity index (χ4n) is 5.15. The van der Waals surface area contributed by atoms with Crippen LogP contribution in [0.3, 0.4) is 0 Å². The molecule has 2 aliphatic rings. The molecule has 1 aromatic heterocycles. The van der Waals surface area contributed by atoms with Crippen LogP contribution in [0.15, 0.2) is 53.4 Å². The number of aromatic nitrogens is 2. The first kappa shape index (κ1) is 25.9. The topological polar surface area (TPSA) is 84.9 Å². The number of para-hydroxylation sites is 1. The van der Waals surface area contributed by atoms with E-state index in [0.29, 0.717) is 49.1 Å². The second-order valence-electron chi connectivity index (χ2n) is 10.1. The van der Waals surface area contributed by atoms with Crippen molar-refractivity contribution < 1.29 is 17.9 Å². The molecule has 1 saturated carbocycles. The lowest BCUT2D eigenvalue weighted by molar-refractivity contribution is 0.131. The molecule has 5 rings (SSSR count). The number of hydrogen-bond acceptors (Lipinski definition) is 7. The predicted octanol–water partition coefficient (Wildman–Crippen LogP) is 4.14. The van der Waals surface area contributed by atoms with Crippen LogP contribution in [0.1, 0.15) is 38.4 Å². The fraction of sp³-hybridized carbons (Fsp3) is 0.500. The van der Waals surface area contributed by atoms with Crippen molar-refractivity contribution in [1.29, 1.82) is 0 Å². The number of sulfonamides is 1. The van der Waals surface area contributed by atoms with E-state index in [1.54, 1.807) is 35.7 Å². The van der Waals surface area contributed by atoms with Gasteiger partial charge in [0.25, 0.3) is 0 Å². The Morgan fingerprint density at radius 3 is 2.32 bits per heavy atom. The van der Waals surface area contributed by atoms with Crippen LogP contribution in [0.2, 0.25) is 0 Å². The van der Waals surface area contributed by atoms with E-state index in [2.05, 4.69) is 11.8 Å². The molecular weight excluding hydrogens is 488 g/mol. The lowest BCUT2D eigenvalue weighted by Gasteiger charge is -2.33. The maximum atomic E-state index is 13.0. The minimum atomic E-state index is -3.52. The monoisotopic (exact) mass is 524 g/mol. The molecule has 2 aromatic carbocycles. The van der Waals surface area contributed by atoms with E-state index in [9.17, 15) is 8.42 Å². The molecule has 3 aromatic rings. The molecule has 1 aliphatic heterocycles. The highest BCUT2D eigenvalue weighted by atomic mass is 32.2. The van der Waals surface area contributed by atoms with Gasteiger partial charge in [0.15, 0.2) is 0 Å². The summed E-state index contributed by atoms with van der Waals surface area (Å²) in [6, 6.07) is 14.6. The number of nitrogens with zero attached hydrogens (tertiary/aromatic N) is 4. The normalized spacial score (nSPS) is 21.7. The van der Waals surface area contributed by atoms with E-state index in [1.807, 2.05) is 24.3 Å². The summed E-state index contributed by atoms with van der Waals surface area (Å²) in [6.45, 7) is 5.35. The average molecular weight is 525 g/mol. The second kappa shape index (κ2) is 11.3. The third kappa shape index (κ3) is 6.05. The maximum Gasteiger partial charge on any atom is 0.243 e. The molecule has 1 saturated heterocycles. The summed E-state index contributed by atoms with van der Waals surface area (Å²) in [5, 5.41) is 0.960. The Morgan fingerprint density at radius 2 is 1.62 bits per heavy atom. The van der Waals surface area contributed by atoms with Crippen LogP contribution in [0, 0.1) is 5.92 Å². The van der Waals surface area contributed by atoms with Crippen LogP contribution in [-0.4, -0.2) is 73.5 Å². The van der Waals surface area contributed by atoms with Gasteiger partial charge in [0.05, 0.1) is 22.9 Å². The highest BCUT2D eigenvalue weighted by molar-refractivity contribution is 7.89. The number of ether oxygens (including phenoxy) is 2. The van der Waals surface area contributed by atoms with Crippen LogP contribution < -0.4 is 9.47 Å². The van der Waals surface area contributed by atoms with Crippen molar-refractivity contribution in [2.24, 2.45) is 5.92 Å². The molecule has 0 amide bonds. The van der Waals surface area contributed by atoms with E-state index >= 15 is 0 Å². The van der Waals surface area contributed by atoms with Gasteiger partial charge in [-0.15, -0.1) is 0 Å². The summed E-state index contributed by atoms with van der Waals surface area (Å²) in [5.74, 6) is 2.87. The van der Waals surface area contributed by atoms with Crippen molar-refractivity contribution in [3.63, 3.8) is 0 Å². The molecule has 1 aliphatic carbocycles. The quantitative estimate of drug-likeness (QED) is 0.438. The van der Waals surface area contributed by atoms with Gasteiger partial charge < -0.3 is 14.4 Å². The van der Waals surface area contributed by atoms with Gasteiger partial charge in [0.2, 0.25) is 15.9 Å². The SMILES string of the molecule is COc1ccc(S(=O)(=O)N2CCN(CCc3nc(OC4CCC(C)CC4)c4ccccc4n3)CC2)cc1. The molecule has 0 spiro atoms. The van der Waals surface area contributed by atoms with Crippen LogP contribution in [0.4, 0.5) is 0 Å². The lowest BCUT2D eigenvalue weighted by atomic mass is 9.89. The minimum absolute atomic E-state index is 0.211. The molecule has 0 radical (unpaired) electrons. The zero-order chi connectivity index (χ0) is 25.8. The van der Waals surface area contributed by atoms with Crippen molar-refractivity contribution in [2.45, 2.75) is 50.0 Å². The number of methoxy groups -OCH3 is 1. The molecule has 8 nitrogen and oxygen atoms in total. The van der Waals surface area contributed by atoms with E-state index in [-0.39, 0.29) is 6.10 Å². The zero-order valence-electron chi connectivity index (χ0n) is 21.7. The Morgan fingerprint density at radius 1 is 0.919 bits per heavy atom. The Balaban J connectivity index is 1.20. The van der Waals surface area contributed by atoms with Gasteiger partial charge >= 0.3 is 0 Å². The molecule has 9 heteroatoms. The molecule has 0 bridgehead atoms. The van der Waals surface area contributed by atoms with Gasteiger partial charge in [0, 0.05) is 39.1 Å². The highest BCUT2D eigenvalue weighted by Crippen LogP contribution is 2.30. The first-order chi connectivity index (χ1) is 17.9. The number of piperazine rings is 1. The third-order valence-electron chi connectivity index (χ3n) is 7.54. The van der Waals surface area contributed by atoms with E-state index in [4.69, 9.17) is 19.4 Å². The van der Waals surface area contributed by atoms with Crippen LogP contribution in [0.5, 0.6) is 11.6 Å². The minimum Gasteiger partial charge on any atom is -0.497 e. The molecular formula is C28H36N4O4S. The zero-order valence-corrected chi connectivity index (χ0v) is 22.5. The lowest BCUT2D eigenvalue weighted by Crippen LogP contribution is -2.49. The van der Waals surface area contributed by atoms with Crippen LogP contribution in [-0.2, 0) is 16.4 Å². The fourth-order valence-corrected chi connectivity index (χ4v) is 6.57. The second-order valence-corrected chi connectivity index (χ2v) is 12.1. The van der Waals surface area contributed by atoms with Crippen molar-refractivity contribution in [2.75, 3.05) is 39.8 Å². The Bertz CT molecular complexity index is 1300. The Labute approximate surface area is 219 Å². The van der Waals surface area contributed by atoms with Gasteiger partial charge in [0.1, 0.15) is 17.7 Å². The summed E-state index contributed by atoms with van der Waals surface area (Å²) >= 11 is 0. The summed E-state index contributed by atoms with van der Waals surface area (Å²) in [6.07, 6.45) is 5.43. The van der Waals surface area contributed by atoms with Gasteiger partial charge in [-0.2, -0.15) is 9.29 Å². The third-order valence-corrected chi connectivity index (χ3v) is 9.45. The first-order valence-electron chi connectivity index (χ1n) is 13.2. The maximum absolute atomic E-state index is 13.0. The van der Waals surface area contributed by atoms with Crippen molar-refractivity contribution in [3.05, 3.63) is 54.4 Å². The number of fused-ring (bicyclic) bond motifs is 1. The number of rotatable bonds is 8. The smallest absolute Gasteiger partial charge is 0.243 e. The van der Waals surface area contributed by atoms with Crippen molar-refractivity contribution in [1.82, 2.24) is 19.2 Å². The van der Waals surface area contributed by atoms with E-state index in [0.717, 1.165) is 42.0 Å². The Hall–Kier alpha value is -2.75. The predicted molar refractivity (Wildman–Crippen MR) is 143 cm³/mol. The molecule has 2 fully saturated rings. The van der Waals surface area contributed by atoms with Crippen LogP contribution in [0.25, 0.3) is 10.9 Å². The summed E-state index contributed by atoms with van der Waals surface area (Å²) < 4.78 is 39.2.